The van der Waals surface area contributed by atoms with Crippen LogP contribution < -0.4 is 10.0 Å². The third-order valence-corrected chi connectivity index (χ3v) is 7.93. The van der Waals surface area contributed by atoms with E-state index in [0.29, 0.717) is 22.4 Å². The Kier molecular flexibility index (Phi) is 8.10. The molecule has 1 saturated carbocycles. The van der Waals surface area contributed by atoms with Gasteiger partial charge in [-0.05, 0) is 45.7 Å². The Bertz CT molecular complexity index is 1060. The van der Waals surface area contributed by atoms with Gasteiger partial charge in [-0.1, -0.05) is 43.6 Å². The fourth-order valence-electron chi connectivity index (χ4n) is 4.22. The molecule has 1 aliphatic heterocycles. The number of fused-ring (bicyclic) bond motifs is 1. The minimum atomic E-state index is -3.44. The normalized spacial score (nSPS) is 20.0. The van der Waals surface area contributed by atoms with Crippen LogP contribution in [0.2, 0.25) is 0 Å². The molecule has 1 unspecified atom stereocenters. The van der Waals surface area contributed by atoms with Gasteiger partial charge in [0.05, 0.1) is 5.25 Å². The molecule has 0 saturated heterocycles. The van der Waals surface area contributed by atoms with Gasteiger partial charge in [0.2, 0.25) is 10.0 Å². The van der Waals surface area contributed by atoms with Crippen molar-refractivity contribution >= 4 is 27.5 Å². The average molecular weight is 476 g/mol. The highest BCUT2D eigenvalue weighted by Gasteiger charge is 2.40. The zero-order chi connectivity index (χ0) is 24.2. The summed E-state index contributed by atoms with van der Waals surface area (Å²) in [4.78, 5) is 27.4. The van der Waals surface area contributed by atoms with E-state index < -0.39 is 27.4 Å². The summed E-state index contributed by atoms with van der Waals surface area (Å²) in [7, 11) is -3.44. The molecule has 1 fully saturated rings. The molecule has 3 N–H and O–H groups in total. The molecule has 9 heteroatoms. The predicted molar refractivity (Wildman–Crippen MR) is 128 cm³/mol. The van der Waals surface area contributed by atoms with Crippen LogP contribution in [0.5, 0.6) is 0 Å². The fourth-order valence-corrected chi connectivity index (χ4v) is 4.87. The van der Waals surface area contributed by atoms with E-state index in [9.17, 15) is 23.1 Å². The molecular weight excluding hydrogens is 442 g/mol. The van der Waals surface area contributed by atoms with Crippen molar-refractivity contribution in [3.05, 3.63) is 53.1 Å². The molecule has 0 spiro atoms. The lowest BCUT2D eigenvalue weighted by molar-refractivity contribution is -0.112. The molecule has 0 radical (unpaired) electrons. The van der Waals surface area contributed by atoms with Crippen LogP contribution in [0.15, 0.2) is 42.0 Å². The van der Waals surface area contributed by atoms with Crippen molar-refractivity contribution in [1.82, 2.24) is 9.62 Å². The summed E-state index contributed by atoms with van der Waals surface area (Å²) in [6, 6.07) is 4.96. The Labute approximate surface area is 195 Å². The third kappa shape index (κ3) is 5.72. The summed E-state index contributed by atoms with van der Waals surface area (Å²) < 4.78 is 26.3. The van der Waals surface area contributed by atoms with Crippen molar-refractivity contribution in [2.75, 3.05) is 11.9 Å². The van der Waals surface area contributed by atoms with Gasteiger partial charge in [-0.3, -0.25) is 9.59 Å². The van der Waals surface area contributed by atoms with E-state index in [1.54, 1.807) is 56.0 Å². The number of anilines is 1. The Hall–Kier alpha value is -2.49. The zero-order valence-corrected chi connectivity index (χ0v) is 20.2. The van der Waals surface area contributed by atoms with Crippen molar-refractivity contribution < 1.29 is 23.1 Å². The van der Waals surface area contributed by atoms with Gasteiger partial charge >= 0.3 is 0 Å². The first-order valence-electron chi connectivity index (χ1n) is 11.4. The predicted octanol–water partition coefficient (Wildman–Crippen LogP) is 3.23. The maximum absolute atomic E-state index is 13.0. The molecule has 0 bridgehead atoms. The smallest absolute Gasteiger partial charge is 0.256 e. The highest BCUT2D eigenvalue weighted by atomic mass is 32.2. The average Bonchev–Trinajstić information content (AvgIpc) is 3.03. The number of hydrogen-bond donors (Lipinski definition) is 3. The van der Waals surface area contributed by atoms with Crippen molar-refractivity contribution in [3.63, 3.8) is 0 Å². The molecular formula is C24H33N3O5S. The van der Waals surface area contributed by atoms with E-state index >= 15 is 0 Å². The number of amides is 2. The number of carbonyl (C=O) groups is 2. The second-order valence-electron chi connectivity index (χ2n) is 8.74. The zero-order valence-electron chi connectivity index (χ0n) is 19.4. The number of sulfonamides is 1. The minimum absolute atomic E-state index is 0.0151. The van der Waals surface area contributed by atoms with Crippen LogP contribution in [0, 0.1) is 0 Å². The van der Waals surface area contributed by atoms with E-state index in [4.69, 9.17) is 0 Å². The standard InChI is InChI=1S/C24H33N3O5S/c1-4-8-17(13-14-25-33(31,32)16(2)3)22(28)26-18-11-12-20-21(15-18)24(30)27(23(20)29)19-9-6-5-7-10-19/h4,8,11-13,15-16,19,23,25,29H,5-7,9-10,14H2,1-3H3,(H,26,28)/b8-4-,17-13+. The third-order valence-electron chi connectivity index (χ3n) is 6.12. The van der Waals surface area contributed by atoms with Crippen molar-refractivity contribution in [3.8, 4) is 0 Å². The van der Waals surface area contributed by atoms with E-state index in [0.717, 1.165) is 32.1 Å². The first-order valence-corrected chi connectivity index (χ1v) is 13.0. The lowest BCUT2D eigenvalue weighted by Crippen LogP contribution is -2.39. The largest absolute Gasteiger partial charge is 0.369 e. The SMILES string of the molecule is C/C=C\C(=C/CNS(=O)(=O)C(C)C)C(=O)Nc1ccc2c(c1)C(=O)N(C1CCCCC1)C2O. The Morgan fingerprint density at radius 1 is 1.24 bits per heavy atom. The van der Waals surface area contributed by atoms with Gasteiger partial charge in [0.15, 0.2) is 6.23 Å². The highest BCUT2D eigenvalue weighted by Crippen LogP contribution is 2.38. The summed E-state index contributed by atoms with van der Waals surface area (Å²) in [5.41, 5.74) is 1.67. The van der Waals surface area contributed by atoms with E-state index in [1.165, 1.54) is 6.08 Å². The Morgan fingerprint density at radius 3 is 2.58 bits per heavy atom. The lowest BCUT2D eigenvalue weighted by Gasteiger charge is -2.33. The van der Waals surface area contributed by atoms with Crippen LogP contribution in [0.1, 0.15) is 75.0 Å². The number of carbonyl (C=O) groups excluding carboxylic acids is 2. The molecule has 1 heterocycles. The number of aliphatic hydroxyl groups excluding tert-OH is 1. The quantitative estimate of drug-likeness (QED) is 0.394. The van der Waals surface area contributed by atoms with Crippen LogP contribution in [0.3, 0.4) is 0 Å². The van der Waals surface area contributed by atoms with Crippen molar-refractivity contribution in [1.29, 1.82) is 0 Å². The van der Waals surface area contributed by atoms with Gasteiger partial charge in [-0.2, -0.15) is 0 Å². The number of hydrogen-bond acceptors (Lipinski definition) is 5. The highest BCUT2D eigenvalue weighted by molar-refractivity contribution is 7.90. The molecule has 3 rings (SSSR count). The number of allylic oxidation sites excluding steroid dienone is 1. The number of benzene rings is 1. The molecule has 1 aromatic rings. The molecule has 2 aliphatic rings. The summed E-state index contributed by atoms with van der Waals surface area (Å²) in [6.45, 7) is 4.90. The Balaban J connectivity index is 1.73. The number of rotatable bonds is 8. The summed E-state index contributed by atoms with van der Waals surface area (Å²) >= 11 is 0. The number of nitrogens with zero attached hydrogens (tertiary/aromatic N) is 1. The molecule has 180 valence electrons. The lowest BCUT2D eigenvalue weighted by atomic mass is 9.94. The van der Waals surface area contributed by atoms with Gasteiger partial charge in [-0.15, -0.1) is 0 Å². The second kappa shape index (κ2) is 10.6. The minimum Gasteiger partial charge on any atom is -0.369 e. The molecule has 1 aliphatic carbocycles. The van der Waals surface area contributed by atoms with Crippen molar-refractivity contribution in [2.24, 2.45) is 0 Å². The first kappa shape index (κ1) is 25.1. The van der Waals surface area contributed by atoms with E-state index in [2.05, 4.69) is 10.0 Å². The van der Waals surface area contributed by atoms with Gasteiger partial charge in [0, 0.05) is 35.0 Å². The second-order valence-corrected chi connectivity index (χ2v) is 11.1. The molecule has 2 amide bonds. The maximum Gasteiger partial charge on any atom is 0.256 e. The summed E-state index contributed by atoms with van der Waals surface area (Å²) in [5.74, 6) is -0.639. The maximum atomic E-state index is 13.0. The van der Waals surface area contributed by atoms with E-state index in [-0.39, 0.29) is 18.5 Å². The van der Waals surface area contributed by atoms with Crippen LogP contribution in [-0.2, 0) is 14.8 Å². The van der Waals surface area contributed by atoms with Crippen molar-refractivity contribution in [2.45, 2.75) is 70.4 Å². The van der Waals surface area contributed by atoms with Gasteiger partial charge in [0.1, 0.15) is 0 Å². The van der Waals surface area contributed by atoms with Crippen LogP contribution in [-0.4, -0.2) is 48.1 Å². The molecule has 1 aromatic carbocycles. The first-order chi connectivity index (χ1) is 15.7. The topological polar surface area (TPSA) is 116 Å². The molecule has 1 atom stereocenters. The van der Waals surface area contributed by atoms with Gasteiger partial charge < -0.3 is 15.3 Å². The summed E-state index contributed by atoms with van der Waals surface area (Å²) in [6.07, 6.45) is 8.84. The van der Waals surface area contributed by atoms with Gasteiger partial charge in [0.25, 0.3) is 11.8 Å². The van der Waals surface area contributed by atoms with Crippen LogP contribution in [0.4, 0.5) is 5.69 Å². The van der Waals surface area contributed by atoms with Gasteiger partial charge in [-0.25, -0.2) is 13.1 Å². The summed E-state index contributed by atoms with van der Waals surface area (Å²) in [5, 5.41) is 12.9. The van der Waals surface area contributed by atoms with Crippen LogP contribution in [0.25, 0.3) is 0 Å². The van der Waals surface area contributed by atoms with E-state index in [1.807, 2.05) is 0 Å². The number of nitrogens with one attached hydrogen (secondary N) is 2. The molecule has 0 aromatic heterocycles. The number of aliphatic hydroxyl groups is 1. The molecule has 33 heavy (non-hydrogen) atoms. The fraction of sp³-hybridized carbons (Fsp3) is 0.500. The monoisotopic (exact) mass is 475 g/mol. The van der Waals surface area contributed by atoms with Crippen LogP contribution >= 0.6 is 0 Å². The Morgan fingerprint density at radius 2 is 1.94 bits per heavy atom. The molecule has 8 nitrogen and oxygen atoms in total.